The molecule has 4 rings (SSSR count). The van der Waals surface area contributed by atoms with Gasteiger partial charge in [-0.15, -0.1) is 0 Å². The van der Waals surface area contributed by atoms with E-state index in [1.165, 1.54) is 25.1 Å². The van der Waals surface area contributed by atoms with E-state index < -0.39 is 10.0 Å². The molecule has 0 aliphatic rings. The molecule has 3 N–H and O–H groups in total. The Morgan fingerprint density at radius 3 is 2.46 bits per heavy atom. The van der Waals surface area contributed by atoms with Crippen LogP contribution >= 0.6 is 0 Å². The van der Waals surface area contributed by atoms with Crippen LogP contribution < -0.4 is 20.2 Å². The number of sulfonamides is 1. The molecule has 1 amide bonds. The normalized spacial score (nSPS) is 11.6. The van der Waals surface area contributed by atoms with Gasteiger partial charge in [0, 0.05) is 31.3 Å². The Bertz CT molecular complexity index is 1580. The smallest absolute Gasteiger partial charge is 0.240 e. The van der Waals surface area contributed by atoms with Crippen molar-refractivity contribution in [1.82, 2.24) is 4.72 Å². The first-order valence-electron chi connectivity index (χ1n) is 11.9. The first-order valence-corrected chi connectivity index (χ1v) is 13.4. The van der Waals surface area contributed by atoms with Crippen LogP contribution in [-0.2, 0) is 14.8 Å². The molecule has 0 fully saturated rings. The number of hydrogen-bond acceptors (Lipinski definition) is 7. The number of para-hydroxylation sites is 1. The lowest BCUT2D eigenvalue weighted by Crippen LogP contribution is -2.24. The Hall–Kier alpha value is -3.89. The van der Waals surface area contributed by atoms with Gasteiger partial charge in [0.1, 0.15) is 28.1 Å². The Kier molecular flexibility index (Phi) is 8.10. The van der Waals surface area contributed by atoms with Gasteiger partial charge in [0.05, 0.1) is 16.9 Å². The summed E-state index contributed by atoms with van der Waals surface area (Å²) in [5, 5.41) is 13.5. The number of anilines is 1. The summed E-state index contributed by atoms with van der Waals surface area (Å²) in [6.07, 6.45) is 3.03. The predicted molar refractivity (Wildman–Crippen MR) is 142 cm³/mol. The number of unbranched alkanes of at least 4 members (excludes halogenated alkanes) is 3. The summed E-state index contributed by atoms with van der Waals surface area (Å²) in [7, 11) is -3.62. The lowest BCUT2D eigenvalue weighted by atomic mass is 10.1. The highest BCUT2D eigenvalue weighted by atomic mass is 32.2. The topological polar surface area (TPSA) is 135 Å². The molecule has 0 bridgehead atoms. The minimum atomic E-state index is -3.62. The van der Waals surface area contributed by atoms with Crippen molar-refractivity contribution >= 4 is 43.6 Å². The summed E-state index contributed by atoms with van der Waals surface area (Å²) in [5.74, 6) is -0.0126. The first-order chi connectivity index (χ1) is 17.7. The molecule has 4 aromatic rings. The molecule has 10 heteroatoms. The van der Waals surface area contributed by atoms with Crippen LogP contribution in [-0.4, -0.2) is 32.6 Å². The maximum Gasteiger partial charge on any atom is 0.240 e. The Labute approximate surface area is 214 Å². The molecule has 1 aromatic heterocycles. The van der Waals surface area contributed by atoms with Crippen LogP contribution in [0.5, 0.6) is 11.5 Å². The van der Waals surface area contributed by atoms with E-state index >= 15 is 0 Å². The summed E-state index contributed by atoms with van der Waals surface area (Å²) >= 11 is 0. The zero-order chi connectivity index (χ0) is 26.4. The summed E-state index contributed by atoms with van der Waals surface area (Å²) in [6, 6.07) is 15.9. The van der Waals surface area contributed by atoms with E-state index in [2.05, 4.69) is 10.0 Å². The molecule has 0 saturated carbocycles. The standard InChI is InChI=1S/C27H28N2O7S/c1-18(30)29-19-10-12-21(13-11-19)37(33,34)28-14-6-2-3-7-15-35-20-16-23(31)26-25(17-20)36-24-9-5-4-8-22(24)27(26)32/h4-5,8-13,16-17,28,31H,2-3,6-7,14-15H2,1H3,(H,29,30). The van der Waals surface area contributed by atoms with E-state index in [9.17, 15) is 23.1 Å². The number of phenols is 1. The van der Waals surface area contributed by atoms with Crippen LogP contribution in [0.15, 0.2) is 74.8 Å². The van der Waals surface area contributed by atoms with Crippen LogP contribution in [0.3, 0.4) is 0 Å². The molecule has 37 heavy (non-hydrogen) atoms. The van der Waals surface area contributed by atoms with Gasteiger partial charge in [-0.1, -0.05) is 25.0 Å². The number of carbonyl (C=O) groups excluding carboxylic acids is 1. The Morgan fingerprint density at radius 1 is 0.973 bits per heavy atom. The SMILES string of the molecule is CC(=O)Nc1ccc(S(=O)(=O)NCCCCCCOc2cc(O)c3c(=O)c4ccccc4oc3c2)cc1. The van der Waals surface area contributed by atoms with Crippen molar-refractivity contribution < 1.29 is 27.5 Å². The molecule has 0 aliphatic heterocycles. The number of benzene rings is 3. The van der Waals surface area contributed by atoms with Gasteiger partial charge in [0.15, 0.2) is 0 Å². The zero-order valence-electron chi connectivity index (χ0n) is 20.3. The van der Waals surface area contributed by atoms with Crippen LogP contribution in [0, 0.1) is 0 Å². The maximum absolute atomic E-state index is 12.7. The molecule has 9 nitrogen and oxygen atoms in total. The van der Waals surface area contributed by atoms with Gasteiger partial charge in [0.2, 0.25) is 21.4 Å². The number of amides is 1. The average Bonchev–Trinajstić information content (AvgIpc) is 2.85. The van der Waals surface area contributed by atoms with E-state index in [-0.39, 0.29) is 33.0 Å². The highest BCUT2D eigenvalue weighted by Crippen LogP contribution is 2.30. The minimum Gasteiger partial charge on any atom is -0.507 e. The largest absolute Gasteiger partial charge is 0.507 e. The molecular formula is C27H28N2O7S. The Balaban J connectivity index is 1.21. The quantitative estimate of drug-likeness (QED) is 0.194. The van der Waals surface area contributed by atoms with Crippen molar-refractivity contribution in [2.24, 2.45) is 0 Å². The second kappa shape index (κ2) is 11.4. The van der Waals surface area contributed by atoms with E-state index in [0.717, 1.165) is 19.3 Å². The predicted octanol–water partition coefficient (Wildman–Crippen LogP) is 4.53. The third-order valence-corrected chi connectivity index (χ3v) is 7.23. The summed E-state index contributed by atoms with van der Waals surface area (Å²) in [4.78, 5) is 23.9. The van der Waals surface area contributed by atoms with Gasteiger partial charge < -0.3 is 19.6 Å². The van der Waals surface area contributed by atoms with Gasteiger partial charge in [-0.3, -0.25) is 9.59 Å². The molecular weight excluding hydrogens is 496 g/mol. The molecule has 0 radical (unpaired) electrons. The van der Waals surface area contributed by atoms with Crippen molar-refractivity contribution in [3.05, 3.63) is 70.9 Å². The zero-order valence-corrected chi connectivity index (χ0v) is 21.1. The number of phenolic OH excluding ortho intramolecular Hbond substituents is 1. The summed E-state index contributed by atoms with van der Waals surface area (Å²) in [6.45, 7) is 2.09. The molecule has 3 aromatic carbocycles. The molecule has 0 saturated heterocycles. The molecule has 0 aliphatic carbocycles. The van der Waals surface area contributed by atoms with Gasteiger partial charge in [-0.2, -0.15) is 0 Å². The minimum absolute atomic E-state index is 0.122. The number of rotatable bonds is 11. The summed E-state index contributed by atoms with van der Waals surface area (Å²) in [5.41, 5.74) is 0.939. The van der Waals surface area contributed by atoms with Gasteiger partial charge in [-0.05, 0) is 49.2 Å². The number of carbonyl (C=O) groups is 1. The van der Waals surface area contributed by atoms with Gasteiger partial charge >= 0.3 is 0 Å². The van der Waals surface area contributed by atoms with E-state index in [0.29, 0.717) is 42.0 Å². The maximum atomic E-state index is 12.7. The second-order valence-electron chi connectivity index (χ2n) is 8.61. The number of nitrogens with one attached hydrogen (secondary N) is 2. The van der Waals surface area contributed by atoms with Crippen molar-refractivity contribution in [3.63, 3.8) is 0 Å². The first kappa shape index (κ1) is 26.2. The highest BCUT2D eigenvalue weighted by molar-refractivity contribution is 7.89. The molecule has 1 heterocycles. The van der Waals surface area contributed by atoms with Crippen LogP contribution in [0.4, 0.5) is 5.69 Å². The number of fused-ring (bicyclic) bond motifs is 2. The van der Waals surface area contributed by atoms with Crippen LogP contribution in [0.25, 0.3) is 21.9 Å². The summed E-state index contributed by atoms with van der Waals surface area (Å²) < 4.78 is 38.9. The fourth-order valence-electron chi connectivity index (χ4n) is 3.95. The van der Waals surface area contributed by atoms with Crippen molar-refractivity contribution in [1.29, 1.82) is 0 Å². The van der Waals surface area contributed by atoms with Gasteiger partial charge in [-0.25, -0.2) is 13.1 Å². The van der Waals surface area contributed by atoms with Crippen LogP contribution in [0.2, 0.25) is 0 Å². The van der Waals surface area contributed by atoms with Gasteiger partial charge in [0.25, 0.3) is 0 Å². The molecule has 194 valence electrons. The fraction of sp³-hybridized carbons (Fsp3) is 0.259. The molecule has 0 spiro atoms. The lowest BCUT2D eigenvalue weighted by Gasteiger charge is -2.10. The van der Waals surface area contributed by atoms with Crippen molar-refractivity contribution in [2.45, 2.75) is 37.5 Å². The number of hydrogen-bond donors (Lipinski definition) is 3. The van der Waals surface area contributed by atoms with Crippen molar-refractivity contribution in [2.75, 3.05) is 18.5 Å². The lowest BCUT2D eigenvalue weighted by molar-refractivity contribution is -0.114. The number of ether oxygens (including phenoxy) is 1. The van der Waals surface area contributed by atoms with E-state index in [1.807, 2.05) is 0 Å². The fourth-order valence-corrected chi connectivity index (χ4v) is 5.02. The molecule has 0 unspecified atom stereocenters. The highest BCUT2D eigenvalue weighted by Gasteiger charge is 2.14. The van der Waals surface area contributed by atoms with E-state index in [4.69, 9.17) is 9.15 Å². The Morgan fingerprint density at radius 2 is 1.70 bits per heavy atom. The monoisotopic (exact) mass is 524 g/mol. The molecule has 0 atom stereocenters. The second-order valence-corrected chi connectivity index (χ2v) is 10.4. The average molecular weight is 525 g/mol. The van der Waals surface area contributed by atoms with Crippen LogP contribution in [0.1, 0.15) is 32.6 Å². The third-order valence-electron chi connectivity index (χ3n) is 5.75. The van der Waals surface area contributed by atoms with Crippen molar-refractivity contribution in [3.8, 4) is 11.5 Å². The van der Waals surface area contributed by atoms with E-state index in [1.54, 1.807) is 42.5 Å². The number of aromatic hydroxyl groups is 1. The third kappa shape index (κ3) is 6.46.